The molecule has 0 heterocycles. The topological polar surface area (TPSA) is 47.6 Å². The number of carbonyl (C=O) groups is 1. The number of anilines is 1. The molecule has 120 valence electrons. The van der Waals surface area contributed by atoms with E-state index in [1.807, 2.05) is 48.5 Å². The van der Waals surface area contributed by atoms with Gasteiger partial charge < -0.3 is 14.8 Å². The van der Waals surface area contributed by atoms with Crippen molar-refractivity contribution in [2.24, 2.45) is 0 Å². The monoisotopic (exact) mass is 311 g/mol. The summed E-state index contributed by atoms with van der Waals surface area (Å²) in [6.45, 7) is 2.75. The lowest BCUT2D eigenvalue weighted by Gasteiger charge is -2.06. The summed E-state index contributed by atoms with van der Waals surface area (Å²) in [4.78, 5) is 12.0. The first-order valence-corrected chi connectivity index (χ1v) is 7.58. The van der Waals surface area contributed by atoms with Crippen molar-refractivity contribution < 1.29 is 14.3 Å². The van der Waals surface area contributed by atoms with Crippen LogP contribution in [-0.4, -0.2) is 19.6 Å². The van der Waals surface area contributed by atoms with E-state index in [1.54, 1.807) is 13.2 Å². The van der Waals surface area contributed by atoms with Crippen molar-refractivity contribution in [2.45, 2.75) is 13.3 Å². The van der Waals surface area contributed by atoms with Gasteiger partial charge in [0.1, 0.15) is 11.5 Å². The fraction of sp³-hybridized carbons (Fsp3) is 0.211. The van der Waals surface area contributed by atoms with Gasteiger partial charge in [0.25, 0.3) is 0 Å². The van der Waals surface area contributed by atoms with Crippen LogP contribution in [0.1, 0.15) is 18.9 Å². The SMILES string of the molecule is CCCOc1ccc(NC(=O)/C=C/c2ccccc2OC)cc1. The van der Waals surface area contributed by atoms with Gasteiger partial charge in [0, 0.05) is 17.3 Å². The van der Waals surface area contributed by atoms with Gasteiger partial charge in [-0.3, -0.25) is 4.79 Å². The van der Waals surface area contributed by atoms with E-state index in [0.29, 0.717) is 6.61 Å². The minimum atomic E-state index is -0.196. The van der Waals surface area contributed by atoms with Crippen LogP contribution in [0.25, 0.3) is 6.08 Å². The molecule has 2 aromatic carbocycles. The molecule has 0 atom stereocenters. The van der Waals surface area contributed by atoms with E-state index in [-0.39, 0.29) is 5.91 Å². The van der Waals surface area contributed by atoms with Gasteiger partial charge in [-0.25, -0.2) is 0 Å². The van der Waals surface area contributed by atoms with Crippen molar-refractivity contribution in [1.82, 2.24) is 0 Å². The number of para-hydroxylation sites is 1. The third-order valence-electron chi connectivity index (χ3n) is 3.15. The van der Waals surface area contributed by atoms with Crippen LogP contribution >= 0.6 is 0 Å². The molecule has 0 aliphatic rings. The molecule has 0 bridgehead atoms. The zero-order valence-electron chi connectivity index (χ0n) is 13.4. The average Bonchev–Trinajstić information content (AvgIpc) is 2.59. The maximum Gasteiger partial charge on any atom is 0.248 e. The Kier molecular flexibility index (Phi) is 6.24. The number of rotatable bonds is 7. The van der Waals surface area contributed by atoms with Crippen molar-refractivity contribution in [3.63, 3.8) is 0 Å². The molecule has 0 aromatic heterocycles. The molecular formula is C19H21NO3. The van der Waals surface area contributed by atoms with E-state index in [9.17, 15) is 4.79 Å². The van der Waals surface area contributed by atoms with Crippen LogP contribution in [0.15, 0.2) is 54.6 Å². The number of hydrogen-bond donors (Lipinski definition) is 1. The second-order valence-corrected chi connectivity index (χ2v) is 4.94. The number of hydrogen-bond acceptors (Lipinski definition) is 3. The summed E-state index contributed by atoms with van der Waals surface area (Å²) in [7, 11) is 1.61. The third-order valence-corrected chi connectivity index (χ3v) is 3.15. The van der Waals surface area contributed by atoms with Crippen LogP contribution in [0, 0.1) is 0 Å². The van der Waals surface area contributed by atoms with Crippen molar-refractivity contribution in [3.05, 3.63) is 60.2 Å². The number of amides is 1. The fourth-order valence-electron chi connectivity index (χ4n) is 2.01. The van der Waals surface area contributed by atoms with Crippen LogP contribution in [0.3, 0.4) is 0 Å². The van der Waals surface area contributed by atoms with Gasteiger partial charge in [-0.15, -0.1) is 0 Å². The maximum atomic E-state index is 12.0. The van der Waals surface area contributed by atoms with Gasteiger partial charge in [-0.1, -0.05) is 25.1 Å². The average molecular weight is 311 g/mol. The Morgan fingerprint density at radius 1 is 1.13 bits per heavy atom. The standard InChI is InChI=1S/C19H21NO3/c1-3-14-23-17-11-9-16(10-12-17)20-19(21)13-8-15-6-4-5-7-18(15)22-2/h4-13H,3,14H2,1-2H3,(H,20,21)/b13-8+. The van der Waals surface area contributed by atoms with E-state index >= 15 is 0 Å². The molecule has 2 rings (SSSR count). The van der Waals surface area contributed by atoms with Gasteiger partial charge in [0.15, 0.2) is 0 Å². The van der Waals surface area contributed by atoms with Crippen LogP contribution in [0.2, 0.25) is 0 Å². The van der Waals surface area contributed by atoms with Crippen LogP contribution in [-0.2, 0) is 4.79 Å². The number of methoxy groups -OCH3 is 1. The van der Waals surface area contributed by atoms with Gasteiger partial charge >= 0.3 is 0 Å². The third kappa shape index (κ3) is 5.18. The zero-order valence-corrected chi connectivity index (χ0v) is 13.4. The number of benzene rings is 2. The summed E-state index contributed by atoms with van der Waals surface area (Å²) in [6.07, 6.45) is 4.18. The van der Waals surface area contributed by atoms with Crippen LogP contribution in [0.5, 0.6) is 11.5 Å². The minimum Gasteiger partial charge on any atom is -0.496 e. The Balaban J connectivity index is 1.95. The first kappa shape index (κ1) is 16.6. The van der Waals surface area contributed by atoms with E-state index in [0.717, 1.165) is 29.2 Å². The molecule has 23 heavy (non-hydrogen) atoms. The minimum absolute atomic E-state index is 0.196. The molecule has 0 aliphatic heterocycles. The van der Waals surface area contributed by atoms with Gasteiger partial charge in [-0.05, 0) is 42.8 Å². The quantitative estimate of drug-likeness (QED) is 0.782. The molecule has 1 N–H and O–H groups in total. The second-order valence-electron chi connectivity index (χ2n) is 4.94. The normalized spacial score (nSPS) is 10.5. The van der Waals surface area contributed by atoms with E-state index in [4.69, 9.17) is 9.47 Å². The van der Waals surface area contributed by atoms with Crippen molar-refractivity contribution in [3.8, 4) is 11.5 Å². The Morgan fingerprint density at radius 3 is 2.57 bits per heavy atom. The van der Waals surface area contributed by atoms with Crippen molar-refractivity contribution >= 4 is 17.7 Å². The Hall–Kier alpha value is -2.75. The predicted molar refractivity (Wildman–Crippen MR) is 92.9 cm³/mol. The lowest BCUT2D eigenvalue weighted by Crippen LogP contribution is -2.07. The summed E-state index contributed by atoms with van der Waals surface area (Å²) in [5, 5.41) is 2.81. The Labute approximate surface area is 136 Å². The van der Waals surface area contributed by atoms with Gasteiger partial charge in [-0.2, -0.15) is 0 Å². The molecule has 4 nitrogen and oxygen atoms in total. The first-order chi connectivity index (χ1) is 11.2. The molecular weight excluding hydrogens is 290 g/mol. The lowest BCUT2D eigenvalue weighted by atomic mass is 10.2. The molecule has 0 radical (unpaired) electrons. The van der Waals surface area contributed by atoms with Crippen LogP contribution in [0.4, 0.5) is 5.69 Å². The molecule has 0 aliphatic carbocycles. The summed E-state index contributed by atoms with van der Waals surface area (Å²) < 4.78 is 10.7. The highest BCUT2D eigenvalue weighted by Gasteiger charge is 2.01. The highest BCUT2D eigenvalue weighted by molar-refractivity contribution is 6.02. The van der Waals surface area contributed by atoms with Gasteiger partial charge in [0.2, 0.25) is 5.91 Å². The van der Waals surface area contributed by atoms with E-state index < -0.39 is 0 Å². The zero-order chi connectivity index (χ0) is 16.5. The molecule has 4 heteroatoms. The molecule has 0 unspecified atom stereocenters. The predicted octanol–water partition coefficient (Wildman–Crippen LogP) is 4.14. The fourth-order valence-corrected chi connectivity index (χ4v) is 2.01. The molecule has 2 aromatic rings. The van der Waals surface area contributed by atoms with Crippen molar-refractivity contribution in [1.29, 1.82) is 0 Å². The number of nitrogens with one attached hydrogen (secondary N) is 1. The molecule has 0 saturated heterocycles. The second kappa shape index (κ2) is 8.63. The van der Waals surface area contributed by atoms with E-state index in [2.05, 4.69) is 12.2 Å². The smallest absolute Gasteiger partial charge is 0.248 e. The summed E-state index contributed by atoms with van der Waals surface area (Å²) in [5.41, 5.74) is 1.58. The summed E-state index contributed by atoms with van der Waals surface area (Å²) in [6, 6.07) is 14.9. The van der Waals surface area contributed by atoms with Gasteiger partial charge in [0.05, 0.1) is 13.7 Å². The van der Waals surface area contributed by atoms with Crippen LogP contribution < -0.4 is 14.8 Å². The Bertz CT molecular complexity index is 663. The lowest BCUT2D eigenvalue weighted by molar-refractivity contribution is -0.111. The molecule has 0 spiro atoms. The molecule has 1 amide bonds. The molecule has 0 saturated carbocycles. The largest absolute Gasteiger partial charge is 0.496 e. The summed E-state index contributed by atoms with van der Waals surface area (Å²) in [5.74, 6) is 1.33. The highest BCUT2D eigenvalue weighted by atomic mass is 16.5. The van der Waals surface area contributed by atoms with Crippen molar-refractivity contribution in [2.75, 3.05) is 19.0 Å². The Morgan fingerprint density at radius 2 is 1.87 bits per heavy atom. The summed E-state index contributed by atoms with van der Waals surface area (Å²) >= 11 is 0. The maximum absolute atomic E-state index is 12.0. The number of carbonyl (C=O) groups excluding carboxylic acids is 1. The van der Waals surface area contributed by atoms with E-state index in [1.165, 1.54) is 6.08 Å². The number of ether oxygens (including phenoxy) is 2. The first-order valence-electron chi connectivity index (χ1n) is 7.58. The highest BCUT2D eigenvalue weighted by Crippen LogP contribution is 2.19. The molecule has 0 fully saturated rings.